The lowest BCUT2D eigenvalue weighted by Gasteiger charge is -2.40. The summed E-state index contributed by atoms with van der Waals surface area (Å²) in [5, 5.41) is 54.0. The molecule has 0 aromatic heterocycles. The highest BCUT2D eigenvalue weighted by Crippen LogP contribution is 2.22. The normalized spacial score (nSPS) is 21.6. The van der Waals surface area contributed by atoms with Crippen LogP contribution in [-0.2, 0) is 14.3 Å². The van der Waals surface area contributed by atoms with Gasteiger partial charge in [0.25, 0.3) is 0 Å². The highest BCUT2D eigenvalue weighted by molar-refractivity contribution is 5.76. The molecular formula is C48H85NO8. The predicted octanol–water partition coefficient (Wildman–Crippen LogP) is 9.61. The van der Waals surface area contributed by atoms with E-state index in [1.165, 1.54) is 83.5 Å². The van der Waals surface area contributed by atoms with E-state index >= 15 is 0 Å². The molecule has 9 nitrogen and oxygen atoms in total. The minimum absolute atomic E-state index is 0.203. The van der Waals surface area contributed by atoms with E-state index < -0.39 is 49.5 Å². The van der Waals surface area contributed by atoms with Crippen molar-refractivity contribution in [3.05, 3.63) is 60.8 Å². The van der Waals surface area contributed by atoms with Gasteiger partial charge in [-0.2, -0.15) is 0 Å². The number of nitrogens with one attached hydrogen (secondary N) is 1. The summed E-state index contributed by atoms with van der Waals surface area (Å²) < 4.78 is 11.2. The van der Waals surface area contributed by atoms with Gasteiger partial charge in [0, 0.05) is 6.42 Å². The number of carbonyl (C=O) groups is 1. The maximum absolute atomic E-state index is 12.9. The van der Waals surface area contributed by atoms with Crippen LogP contribution in [0.2, 0.25) is 0 Å². The molecule has 0 spiro atoms. The number of aliphatic hydroxyl groups is 5. The quantitative estimate of drug-likeness (QED) is 0.0269. The molecule has 1 aliphatic heterocycles. The monoisotopic (exact) mass is 804 g/mol. The Morgan fingerprint density at radius 3 is 1.63 bits per heavy atom. The zero-order chi connectivity index (χ0) is 41.6. The average molecular weight is 804 g/mol. The van der Waals surface area contributed by atoms with E-state index in [1.54, 1.807) is 6.08 Å². The molecule has 1 saturated heterocycles. The maximum atomic E-state index is 12.9. The zero-order valence-corrected chi connectivity index (χ0v) is 36.1. The molecular weight excluding hydrogens is 719 g/mol. The van der Waals surface area contributed by atoms with Crippen molar-refractivity contribution >= 4 is 5.91 Å². The van der Waals surface area contributed by atoms with Crippen LogP contribution in [0.15, 0.2) is 60.8 Å². The molecule has 57 heavy (non-hydrogen) atoms. The van der Waals surface area contributed by atoms with Crippen LogP contribution in [0.3, 0.4) is 0 Å². The first-order chi connectivity index (χ1) is 27.8. The third kappa shape index (κ3) is 28.9. The van der Waals surface area contributed by atoms with Crippen molar-refractivity contribution in [3.8, 4) is 0 Å². The number of allylic oxidation sites excluding steroid dienone is 9. The molecule has 0 saturated carbocycles. The molecule has 7 unspecified atom stereocenters. The van der Waals surface area contributed by atoms with Crippen molar-refractivity contribution in [2.45, 2.75) is 224 Å². The zero-order valence-electron chi connectivity index (χ0n) is 36.1. The van der Waals surface area contributed by atoms with Crippen LogP contribution in [0.1, 0.15) is 181 Å². The second-order valence-electron chi connectivity index (χ2n) is 15.8. The van der Waals surface area contributed by atoms with E-state index in [9.17, 15) is 30.3 Å². The number of hydrogen-bond acceptors (Lipinski definition) is 8. The third-order valence-corrected chi connectivity index (χ3v) is 10.5. The summed E-state index contributed by atoms with van der Waals surface area (Å²) in [6.45, 7) is 3.65. The highest BCUT2D eigenvalue weighted by atomic mass is 16.7. The van der Waals surface area contributed by atoms with Crippen molar-refractivity contribution in [1.29, 1.82) is 0 Å². The summed E-state index contributed by atoms with van der Waals surface area (Å²) in [7, 11) is 0. The Labute approximate surface area is 347 Å². The smallest absolute Gasteiger partial charge is 0.220 e. The van der Waals surface area contributed by atoms with Gasteiger partial charge in [-0.3, -0.25) is 4.79 Å². The van der Waals surface area contributed by atoms with Crippen LogP contribution in [0.5, 0.6) is 0 Å². The molecule has 330 valence electrons. The highest BCUT2D eigenvalue weighted by Gasteiger charge is 2.44. The predicted molar refractivity (Wildman–Crippen MR) is 235 cm³/mol. The van der Waals surface area contributed by atoms with Crippen molar-refractivity contribution in [3.63, 3.8) is 0 Å². The number of hydrogen-bond donors (Lipinski definition) is 6. The fourth-order valence-corrected chi connectivity index (χ4v) is 6.81. The molecule has 6 N–H and O–H groups in total. The van der Waals surface area contributed by atoms with E-state index in [1.807, 2.05) is 6.08 Å². The second kappa shape index (κ2) is 38.1. The van der Waals surface area contributed by atoms with Crippen LogP contribution in [0.4, 0.5) is 0 Å². The van der Waals surface area contributed by atoms with Crippen LogP contribution < -0.4 is 5.32 Å². The summed E-state index contributed by atoms with van der Waals surface area (Å²) in [5.41, 5.74) is 0. The van der Waals surface area contributed by atoms with Gasteiger partial charge in [0.15, 0.2) is 6.29 Å². The van der Waals surface area contributed by atoms with Crippen LogP contribution >= 0.6 is 0 Å². The number of unbranched alkanes of at least 4 members (excludes halogenated alkanes) is 19. The Kier molecular flexibility index (Phi) is 35.4. The summed E-state index contributed by atoms with van der Waals surface area (Å²) in [6.07, 6.45) is 42.8. The van der Waals surface area contributed by atoms with E-state index in [4.69, 9.17) is 9.47 Å². The van der Waals surface area contributed by atoms with Crippen molar-refractivity contribution in [1.82, 2.24) is 5.32 Å². The molecule has 1 amide bonds. The number of ether oxygens (including phenoxy) is 2. The molecule has 1 heterocycles. The van der Waals surface area contributed by atoms with Gasteiger partial charge < -0.3 is 40.3 Å². The van der Waals surface area contributed by atoms with E-state index in [0.29, 0.717) is 6.42 Å². The minimum atomic E-state index is -1.58. The molecule has 0 bridgehead atoms. The fraction of sp³-hybridized carbons (Fsp3) is 0.771. The SMILES string of the molecule is CCC/C=C/CC/C=C/CC/C=C/C(O)C(COC1OC(CO)C(O)C(O)C1O)NC(=O)CCCCCCCCC/C=C\C/C=C\CCCCCCCCCCC. The van der Waals surface area contributed by atoms with Crippen molar-refractivity contribution in [2.75, 3.05) is 13.2 Å². The number of rotatable bonds is 37. The molecule has 0 aromatic carbocycles. The van der Waals surface area contributed by atoms with Gasteiger partial charge in [-0.05, 0) is 70.6 Å². The number of amides is 1. The molecule has 0 aliphatic carbocycles. The van der Waals surface area contributed by atoms with Gasteiger partial charge in [0.05, 0.1) is 25.4 Å². The van der Waals surface area contributed by atoms with Crippen LogP contribution in [0, 0.1) is 0 Å². The summed E-state index contributed by atoms with van der Waals surface area (Å²) in [6, 6.07) is -0.832. The summed E-state index contributed by atoms with van der Waals surface area (Å²) in [5.74, 6) is -0.203. The lowest BCUT2D eigenvalue weighted by atomic mass is 9.99. The Bertz CT molecular complexity index is 1070. The first-order valence-electron chi connectivity index (χ1n) is 23.0. The van der Waals surface area contributed by atoms with Gasteiger partial charge in [-0.1, -0.05) is 164 Å². The Balaban J connectivity index is 2.31. The maximum Gasteiger partial charge on any atom is 0.220 e. The molecule has 1 aliphatic rings. The number of aliphatic hydroxyl groups excluding tert-OH is 5. The third-order valence-electron chi connectivity index (χ3n) is 10.5. The standard InChI is InChI=1S/C48H85NO8/c1-3-5-7-9-11-13-15-16-17-18-19-20-21-22-23-24-25-26-28-30-32-34-36-38-44(52)49-41(40-56-48-47(55)46(54)45(53)43(39-50)57-48)42(51)37-35-33-31-29-27-14-12-10-8-6-4-2/h8,10,19-20,22-23,27,29,35,37,41-43,45-48,50-51,53-55H,3-7,9,11-18,21,24-26,28,30-34,36,38-40H2,1-2H3,(H,49,52)/b10-8+,20-19-,23-22-,29-27+,37-35+. The van der Waals surface area contributed by atoms with Gasteiger partial charge in [-0.25, -0.2) is 0 Å². The Hall–Kier alpha value is -2.11. The van der Waals surface area contributed by atoms with Crippen molar-refractivity contribution in [2.24, 2.45) is 0 Å². The largest absolute Gasteiger partial charge is 0.394 e. The molecule has 9 heteroatoms. The van der Waals surface area contributed by atoms with Crippen molar-refractivity contribution < 1.29 is 39.8 Å². The van der Waals surface area contributed by atoms with Gasteiger partial charge in [0.2, 0.25) is 5.91 Å². The Morgan fingerprint density at radius 2 is 1.09 bits per heavy atom. The van der Waals surface area contributed by atoms with Gasteiger partial charge in [0.1, 0.15) is 24.4 Å². The molecule has 0 aromatic rings. The minimum Gasteiger partial charge on any atom is -0.394 e. The first-order valence-corrected chi connectivity index (χ1v) is 23.0. The second-order valence-corrected chi connectivity index (χ2v) is 15.8. The first kappa shape index (κ1) is 52.9. The van der Waals surface area contributed by atoms with Gasteiger partial charge in [-0.15, -0.1) is 0 Å². The number of carbonyl (C=O) groups excluding carboxylic acids is 1. The van der Waals surface area contributed by atoms with Crippen LogP contribution in [-0.4, -0.2) is 87.5 Å². The summed E-state index contributed by atoms with van der Waals surface area (Å²) in [4.78, 5) is 12.9. The summed E-state index contributed by atoms with van der Waals surface area (Å²) >= 11 is 0. The molecule has 1 fully saturated rings. The lowest BCUT2D eigenvalue weighted by Crippen LogP contribution is -2.60. The fourth-order valence-electron chi connectivity index (χ4n) is 6.81. The molecule has 0 radical (unpaired) electrons. The van der Waals surface area contributed by atoms with E-state index in [2.05, 4.69) is 67.8 Å². The van der Waals surface area contributed by atoms with E-state index in [-0.39, 0.29) is 12.5 Å². The average Bonchev–Trinajstić information content (AvgIpc) is 3.21. The Morgan fingerprint density at radius 1 is 0.596 bits per heavy atom. The van der Waals surface area contributed by atoms with Crippen LogP contribution in [0.25, 0.3) is 0 Å². The van der Waals surface area contributed by atoms with Gasteiger partial charge >= 0.3 is 0 Å². The topological polar surface area (TPSA) is 149 Å². The lowest BCUT2D eigenvalue weighted by molar-refractivity contribution is -0.302. The molecule has 7 atom stereocenters. The molecule has 1 rings (SSSR count). The van der Waals surface area contributed by atoms with E-state index in [0.717, 1.165) is 77.0 Å².